The first-order chi connectivity index (χ1) is 0. The predicted molar refractivity (Wildman–Crippen MR) is 10.0 cm³/mol. The zero-order valence-corrected chi connectivity index (χ0v) is 7.10. The van der Waals surface area contributed by atoms with E-state index in [-0.39, 0.29) is 62.8 Å². The van der Waals surface area contributed by atoms with Crippen LogP contribution in [0.1, 0.15) is 0 Å². The van der Waals surface area contributed by atoms with Gasteiger partial charge in [-0.25, -0.2) is 0 Å². The summed E-state index contributed by atoms with van der Waals surface area (Å²) in [4.78, 5) is 0. The van der Waals surface area contributed by atoms with Gasteiger partial charge >= 0.3 is 21.1 Å². The molecule has 6 N–H and O–H groups in total. The quantitative estimate of drug-likeness (QED) is 0.460. The molecule has 5 heteroatoms. The van der Waals surface area contributed by atoms with Gasteiger partial charge in [-0.05, 0) is 0 Å². The van der Waals surface area contributed by atoms with Crippen LogP contribution in [0.15, 0.2) is 0 Å². The van der Waals surface area contributed by atoms with E-state index in [1.54, 1.807) is 0 Å². The van der Waals surface area contributed by atoms with Crippen LogP contribution in [0.4, 0.5) is 0 Å². The summed E-state index contributed by atoms with van der Waals surface area (Å²) in [5, 5.41) is 0. The van der Waals surface area contributed by atoms with Crippen LogP contribution in [0.25, 0.3) is 0 Å². The minimum atomic E-state index is 0. The van der Waals surface area contributed by atoms with Gasteiger partial charge in [0.15, 0.2) is 0 Å². The van der Waals surface area contributed by atoms with Gasteiger partial charge in [-0.15, -0.1) is 0 Å². The largest absolute Gasteiger partial charge is 2.00 e. The number of halogens is 2. The second-order valence-corrected chi connectivity index (χ2v) is 0. The van der Waals surface area contributed by atoms with Crippen LogP contribution in [0.3, 0.4) is 0 Å². The summed E-state index contributed by atoms with van der Waals surface area (Å²) in [5.74, 6) is 0. The maximum Gasteiger partial charge on any atom is 2.00 e. The van der Waals surface area contributed by atoms with E-state index in [0.717, 1.165) is 0 Å². The molecule has 40 valence electrons. The zero-order chi connectivity index (χ0) is 0. The maximum atomic E-state index is 0. The Morgan fingerprint density at radius 1 is 0.800 bits per heavy atom. The summed E-state index contributed by atoms with van der Waals surface area (Å²) in [6.45, 7) is 0. The molecule has 0 aromatic rings. The van der Waals surface area contributed by atoms with E-state index in [2.05, 4.69) is 0 Å². The van der Waals surface area contributed by atoms with Gasteiger partial charge in [0.2, 0.25) is 0 Å². The normalized spacial score (nSPS) is 0. The van der Waals surface area contributed by atoms with E-state index in [1.165, 1.54) is 0 Å². The van der Waals surface area contributed by atoms with Crippen LogP contribution in [0.5, 0.6) is 0 Å². The summed E-state index contributed by atoms with van der Waals surface area (Å²) >= 11 is 0. The van der Waals surface area contributed by atoms with Crippen molar-refractivity contribution in [1.82, 2.24) is 12.3 Å². The van der Waals surface area contributed by atoms with E-state index in [4.69, 9.17) is 0 Å². The first kappa shape index (κ1) is 97.1. The first-order valence-corrected chi connectivity index (χ1v) is 0. The maximum absolute atomic E-state index is 0. The number of hydrogen-bond acceptors (Lipinski definition) is 2. The monoisotopic (exact) mass is 343 g/mol. The van der Waals surface area contributed by atoms with Crippen LogP contribution >= 0.6 is 0 Å². The predicted octanol–water partition coefficient (Wildman–Crippen LogP) is -5.67. The molecule has 0 fully saturated rings. The molecule has 0 unspecified atom stereocenters. The summed E-state index contributed by atoms with van der Waals surface area (Å²) in [6.07, 6.45) is 0. The van der Waals surface area contributed by atoms with Crippen molar-refractivity contribution < 1.29 is 50.5 Å². The van der Waals surface area contributed by atoms with Gasteiger partial charge < -0.3 is 41.7 Å². The van der Waals surface area contributed by atoms with Gasteiger partial charge in [0, 0.05) is 0 Å². The SMILES string of the molecule is N.N.[Br-].[Cl-].[Pt+2]. The van der Waals surface area contributed by atoms with E-state index < -0.39 is 0 Å². The Kier molecular flexibility index (Phi) is 1050. The van der Waals surface area contributed by atoms with Crippen molar-refractivity contribution in [2.24, 2.45) is 0 Å². The Bertz CT molecular complexity index is 9.61. The summed E-state index contributed by atoms with van der Waals surface area (Å²) < 4.78 is 0. The fourth-order valence-electron chi connectivity index (χ4n) is 0. The van der Waals surface area contributed by atoms with Gasteiger partial charge in [0.25, 0.3) is 0 Å². The van der Waals surface area contributed by atoms with Crippen molar-refractivity contribution in [3.8, 4) is 0 Å². The number of hydrogen-bond donors (Lipinski definition) is 2. The third kappa shape index (κ3) is 32.3. The molecule has 5 heavy (non-hydrogen) atoms. The molecule has 0 radical (unpaired) electrons. The van der Waals surface area contributed by atoms with Crippen molar-refractivity contribution in [3.05, 3.63) is 0 Å². The van der Waals surface area contributed by atoms with Gasteiger partial charge in [0.05, 0.1) is 0 Å². The van der Waals surface area contributed by atoms with E-state index >= 15 is 0 Å². The number of rotatable bonds is 0. The molecular weight excluding hydrogens is 338 g/mol. The van der Waals surface area contributed by atoms with Crippen molar-refractivity contribution in [2.45, 2.75) is 0 Å². The molecular formula is H6BrClN2Pt. The minimum absolute atomic E-state index is 0. The topological polar surface area (TPSA) is 70.0 Å². The third-order valence-electron chi connectivity index (χ3n) is 0. The summed E-state index contributed by atoms with van der Waals surface area (Å²) in [7, 11) is 0. The molecule has 0 atom stereocenters. The van der Waals surface area contributed by atoms with E-state index in [0.29, 0.717) is 0 Å². The summed E-state index contributed by atoms with van der Waals surface area (Å²) in [5.41, 5.74) is 0. The molecule has 0 saturated carbocycles. The van der Waals surface area contributed by atoms with Crippen LogP contribution in [-0.4, -0.2) is 0 Å². The smallest absolute Gasteiger partial charge is 1.00 e. The van der Waals surface area contributed by atoms with Gasteiger partial charge in [0.1, 0.15) is 0 Å². The van der Waals surface area contributed by atoms with Crippen molar-refractivity contribution in [2.75, 3.05) is 0 Å². The molecule has 0 spiro atoms. The molecule has 0 aliphatic carbocycles. The Hall–Kier alpha value is 1.38. The molecule has 2 nitrogen and oxygen atoms in total. The van der Waals surface area contributed by atoms with Crippen LogP contribution < -0.4 is 41.7 Å². The molecule has 0 aliphatic rings. The Balaban J connectivity index is 0. The Labute approximate surface area is 62.7 Å². The van der Waals surface area contributed by atoms with Gasteiger partial charge in [-0.2, -0.15) is 0 Å². The van der Waals surface area contributed by atoms with Gasteiger partial charge in [-0.3, -0.25) is 0 Å². The van der Waals surface area contributed by atoms with Crippen LogP contribution in [0.2, 0.25) is 0 Å². The van der Waals surface area contributed by atoms with E-state index in [1.807, 2.05) is 0 Å². The molecule has 0 saturated heterocycles. The van der Waals surface area contributed by atoms with Crippen LogP contribution in [0, 0.1) is 0 Å². The molecule has 0 heterocycles. The Morgan fingerprint density at radius 2 is 0.800 bits per heavy atom. The fourth-order valence-corrected chi connectivity index (χ4v) is 0. The van der Waals surface area contributed by atoms with Gasteiger partial charge in [-0.1, -0.05) is 0 Å². The second kappa shape index (κ2) is 54.3. The van der Waals surface area contributed by atoms with Crippen LogP contribution in [-0.2, 0) is 21.1 Å². The molecule has 0 bridgehead atoms. The van der Waals surface area contributed by atoms with Crippen molar-refractivity contribution in [1.29, 1.82) is 0 Å². The molecule has 0 aromatic heterocycles. The first-order valence-electron chi connectivity index (χ1n) is 0. The molecule has 0 aromatic carbocycles. The zero-order valence-electron chi connectivity index (χ0n) is 2.49. The molecule has 0 amide bonds. The van der Waals surface area contributed by atoms with Crippen molar-refractivity contribution >= 4 is 0 Å². The Morgan fingerprint density at radius 3 is 0.800 bits per heavy atom. The van der Waals surface area contributed by atoms with Crippen molar-refractivity contribution in [3.63, 3.8) is 0 Å². The third-order valence-corrected chi connectivity index (χ3v) is 0. The average Bonchev–Trinajstić information content (AvgIpc) is 0. The summed E-state index contributed by atoms with van der Waals surface area (Å²) in [6, 6.07) is 0. The standard InChI is InChI=1S/BrH.ClH.2H3N.Pt/h2*1H;2*1H3;/q;;;;+2/p-2. The van der Waals surface area contributed by atoms with E-state index in [9.17, 15) is 0 Å². The minimum Gasteiger partial charge on any atom is -1.00 e. The molecule has 0 aliphatic heterocycles. The average molecular weight is 344 g/mol. The molecule has 0 rings (SSSR count). The second-order valence-electron chi connectivity index (χ2n) is 0. The fraction of sp³-hybridized carbons (Fsp3) is 0.